The second-order valence-electron chi connectivity index (χ2n) is 3.81. The van der Waals surface area contributed by atoms with Gasteiger partial charge in [-0.25, -0.2) is 4.98 Å². The average molecular weight is 218 g/mol. The molecule has 1 aromatic heterocycles. The standard InChI is InChI=1S/C12H14N2S/c1-7-4-9(3)10(5-8(7)2)11-6-14-12(13)15-11/h4-6H,1-3H3,(H2,13,14). The molecule has 0 aliphatic rings. The van der Waals surface area contributed by atoms with Crippen molar-refractivity contribution in [2.24, 2.45) is 0 Å². The molecule has 0 radical (unpaired) electrons. The molecule has 15 heavy (non-hydrogen) atoms. The van der Waals surface area contributed by atoms with Crippen LogP contribution in [0.25, 0.3) is 10.4 Å². The maximum Gasteiger partial charge on any atom is 0.180 e. The van der Waals surface area contributed by atoms with E-state index in [9.17, 15) is 0 Å². The molecule has 0 aliphatic carbocycles. The largest absolute Gasteiger partial charge is 0.375 e. The van der Waals surface area contributed by atoms with Crippen LogP contribution < -0.4 is 5.73 Å². The molecule has 1 heterocycles. The fourth-order valence-electron chi connectivity index (χ4n) is 1.64. The number of thiazole rings is 1. The van der Waals surface area contributed by atoms with Gasteiger partial charge in [0.2, 0.25) is 0 Å². The van der Waals surface area contributed by atoms with E-state index in [0.29, 0.717) is 5.13 Å². The highest BCUT2D eigenvalue weighted by Crippen LogP contribution is 2.31. The highest BCUT2D eigenvalue weighted by atomic mass is 32.1. The zero-order valence-corrected chi connectivity index (χ0v) is 9.98. The van der Waals surface area contributed by atoms with Crippen molar-refractivity contribution < 1.29 is 0 Å². The van der Waals surface area contributed by atoms with E-state index in [2.05, 4.69) is 37.9 Å². The Bertz CT molecular complexity index is 500. The van der Waals surface area contributed by atoms with Crippen LogP contribution in [-0.2, 0) is 0 Å². The number of anilines is 1. The van der Waals surface area contributed by atoms with E-state index in [-0.39, 0.29) is 0 Å². The van der Waals surface area contributed by atoms with E-state index in [4.69, 9.17) is 5.73 Å². The van der Waals surface area contributed by atoms with E-state index in [1.807, 2.05) is 6.20 Å². The van der Waals surface area contributed by atoms with Crippen molar-refractivity contribution in [1.29, 1.82) is 0 Å². The molecule has 78 valence electrons. The van der Waals surface area contributed by atoms with Gasteiger partial charge in [-0.2, -0.15) is 0 Å². The Morgan fingerprint density at radius 2 is 1.73 bits per heavy atom. The van der Waals surface area contributed by atoms with E-state index in [1.54, 1.807) is 0 Å². The van der Waals surface area contributed by atoms with Gasteiger partial charge in [0.25, 0.3) is 0 Å². The molecule has 3 heteroatoms. The second-order valence-corrected chi connectivity index (χ2v) is 4.88. The first-order valence-corrected chi connectivity index (χ1v) is 5.69. The summed E-state index contributed by atoms with van der Waals surface area (Å²) in [5.74, 6) is 0. The zero-order valence-electron chi connectivity index (χ0n) is 9.16. The van der Waals surface area contributed by atoms with Crippen LogP contribution in [0.5, 0.6) is 0 Å². The number of nitrogen functional groups attached to an aromatic ring is 1. The molecule has 0 aliphatic heterocycles. The number of nitrogens with two attached hydrogens (primary N) is 1. The van der Waals surface area contributed by atoms with Crippen molar-refractivity contribution in [1.82, 2.24) is 4.98 Å². The van der Waals surface area contributed by atoms with Crippen LogP contribution in [0, 0.1) is 20.8 Å². The Labute approximate surface area is 93.8 Å². The van der Waals surface area contributed by atoms with Crippen LogP contribution in [0.2, 0.25) is 0 Å². The number of hydrogen-bond donors (Lipinski definition) is 1. The van der Waals surface area contributed by atoms with Gasteiger partial charge in [-0.3, -0.25) is 0 Å². The first kappa shape index (κ1) is 10.2. The number of nitrogens with zero attached hydrogens (tertiary/aromatic N) is 1. The summed E-state index contributed by atoms with van der Waals surface area (Å²) in [4.78, 5) is 5.23. The molecule has 1 aromatic carbocycles. The predicted octanol–water partition coefficient (Wildman–Crippen LogP) is 3.32. The molecule has 2 aromatic rings. The van der Waals surface area contributed by atoms with Crippen LogP contribution in [-0.4, -0.2) is 4.98 Å². The lowest BCUT2D eigenvalue weighted by Crippen LogP contribution is -1.86. The van der Waals surface area contributed by atoms with E-state index >= 15 is 0 Å². The van der Waals surface area contributed by atoms with Gasteiger partial charge in [-0.15, -0.1) is 0 Å². The topological polar surface area (TPSA) is 38.9 Å². The second kappa shape index (κ2) is 3.66. The Hall–Kier alpha value is -1.35. The smallest absolute Gasteiger partial charge is 0.180 e. The Balaban J connectivity index is 2.58. The average Bonchev–Trinajstić information content (AvgIpc) is 2.58. The molecule has 2 N–H and O–H groups in total. The summed E-state index contributed by atoms with van der Waals surface area (Å²) in [6.07, 6.45) is 1.84. The predicted molar refractivity (Wildman–Crippen MR) is 66.2 cm³/mol. The van der Waals surface area contributed by atoms with Crippen molar-refractivity contribution in [3.05, 3.63) is 35.0 Å². The van der Waals surface area contributed by atoms with Crippen LogP contribution in [0.3, 0.4) is 0 Å². The van der Waals surface area contributed by atoms with Gasteiger partial charge in [0, 0.05) is 6.20 Å². The SMILES string of the molecule is Cc1cc(C)c(-c2cnc(N)s2)cc1C. The molecule has 0 spiro atoms. The molecule has 0 unspecified atom stereocenters. The number of aromatic nitrogens is 1. The van der Waals surface area contributed by atoms with Gasteiger partial charge >= 0.3 is 0 Å². The Kier molecular flexibility index (Phi) is 2.49. The molecular weight excluding hydrogens is 204 g/mol. The van der Waals surface area contributed by atoms with Crippen molar-refractivity contribution in [3.8, 4) is 10.4 Å². The molecule has 0 saturated heterocycles. The minimum absolute atomic E-state index is 0.627. The van der Waals surface area contributed by atoms with Gasteiger partial charge in [0.1, 0.15) is 0 Å². The Morgan fingerprint density at radius 3 is 2.33 bits per heavy atom. The first-order chi connectivity index (χ1) is 7.08. The zero-order chi connectivity index (χ0) is 11.0. The summed E-state index contributed by atoms with van der Waals surface area (Å²) in [6, 6.07) is 4.41. The number of aryl methyl sites for hydroxylation is 3. The minimum Gasteiger partial charge on any atom is -0.375 e. The number of hydrogen-bond acceptors (Lipinski definition) is 3. The molecule has 2 rings (SSSR count). The molecule has 0 atom stereocenters. The van der Waals surface area contributed by atoms with Crippen LogP contribution in [0.4, 0.5) is 5.13 Å². The number of rotatable bonds is 1. The van der Waals surface area contributed by atoms with Crippen molar-refractivity contribution in [2.45, 2.75) is 20.8 Å². The molecule has 2 nitrogen and oxygen atoms in total. The van der Waals surface area contributed by atoms with E-state index in [1.165, 1.54) is 33.6 Å². The van der Waals surface area contributed by atoms with Gasteiger partial charge in [-0.1, -0.05) is 23.5 Å². The highest BCUT2D eigenvalue weighted by molar-refractivity contribution is 7.18. The monoisotopic (exact) mass is 218 g/mol. The summed E-state index contributed by atoms with van der Waals surface area (Å²) in [6.45, 7) is 6.38. The fraction of sp³-hybridized carbons (Fsp3) is 0.250. The first-order valence-electron chi connectivity index (χ1n) is 4.87. The molecule has 0 amide bonds. The van der Waals surface area contributed by atoms with Crippen molar-refractivity contribution >= 4 is 16.5 Å². The summed E-state index contributed by atoms with van der Waals surface area (Å²) < 4.78 is 0. The molecule has 0 fully saturated rings. The summed E-state index contributed by atoms with van der Waals surface area (Å²) in [5, 5.41) is 0.627. The van der Waals surface area contributed by atoms with Gasteiger partial charge in [0.15, 0.2) is 5.13 Å². The lowest BCUT2D eigenvalue weighted by atomic mass is 10.0. The minimum atomic E-state index is 0.627. The quantitative estimate of drug-likeness (QED) is 0.797. The summed E-state index contributed by atoms with van der Waals surface area (Å²) in [7, 11) is 0. The van der Waals surface area contributed by atoms with Gasteiger partial charge < -0.3 is 5.73 Å². The Morgan fingerprint density at radius 1 is 1.07 bits per heavy atom. The van der Waals surface area contributed by atoms with E-state index in [0.717, 1.165) is 4.88 Å². The third kappa shape index (κ3) is 1.88. The van der Waals surface area contributed by atoms with E-state index < -0.39 is 0 Å². The normalized spacial score (nSPS) is 10.6. The third-order valence-electron chi connectivity index (χ3n) is 2.63. The fourth-order valence-corrected chi connectivity index (χ4v) is 2.40. The van der Waals surface area contributed by atoms with Crippen molar-refractivity contribution in [2.75, 3.05) is 5.73 Å². The maximum atomic E-state index is 5.64. The lowest BCUT2D eigenvalue weighted by Gasteiger charge is -2.07. The summed E-state index contributed by atoms with van der Waals surface area (Å²) in [5.41, 5.74) is 10.8. The van der Waals surface area contributed by atoms with Gasteiger partial charge in [0.05, 0.1) is 4.88 Å². The molecule has 0 saturated carbocycles. The van der Waals surface area contributed by atoms with Crippen molar-refractivity contribution in [3.63, 3.8) is 0 Å². The third-order valence-corrected chi connectivity index (χ3v) is 3.49. The lowest BCUT2D eigenvalue weighted by molar-refractivity contribution is 1.30. The highest BCUT2D eigenvalue weighted by Gasteiger charge is 2.07. The molecular formula is C12H14N2S. The summed E-state index contributed by atoms with van der Waals surface area (Å²) >= 11 is 1.54. The van der Waals surface area contributed by atoms with Crippen LogP contribution in [0.1, 0.15) is 16.7 Å². The van der Waals surface area contributed by atoms with Crippen LogP contribution >= 0.6 is 11.3 Å². The van der Waals surface area contributed by atoms with Gasteiger partial charge in [-0.05, 0) is 43.0 Å². The number of benzene rings is 1. The molecule has 0 bridgehead atoms. The maximum absolute atomic E-state index is 5.64. The van der Waals surface area contributed by atoms with Crippen LogP contribution in [0.15, 0.2) is 18.3 Å².